The molecule has 286 valence electrons. The monoisotopic (exact) mass is 733 g/mol. The minimum Gasteiger partial charge on any atom is -0.394 e. The van der Waals surface area contributed by atoms with E-state index in [1.807, 2.05) is 64.1 Å². The SMILES string of the molecule is CC[C@H](C)[C@@H](CO)NC(=O)C[C@H](O)[C@H](CC(C)C)NC(=O)[C@H](Cc1c[nH]cn1)NC(=O)C(Cc1cccc2ccccc12)Cc1cccc2ccccc12. The molecule has 0 fully saturated rings. The van der Waals surface area contributed by atoms with Crippen LogP contribution in [0.25, 0.3) is 21.5 Å². The van der Waals surface area contributed by atoms with E-state index in [0.717, 1.165) is 39.1 Å². The number of aromatic amines is 1. The smallest absolute Gasteiger partial charge is 0.243 e. The molecule has 10 heteroatoms. The Bertz CT molecular complexity index is 1890. The molecule has 0 aliphatic carbocycles. The lowest BCUT2D eigenvalue weighted by molar-refractivity contribution is -0.132. The predicted molar refractivity (Wildman–Crippen MR) is 213 cm³/mol. The first kappa shape index (κ1) is 40.1. The van der Waals surface area contributed by atoms with Crippen LogP contribution in [0.2, 0.25) is 0 Å². The van der Waals surface area contributed by atoms with E-state index in [1.54, 1.807) is 6.20 Å². The van der Waals surface area contributed by atoms with Gasteiger partial charge in [0.15, 0.2) is 0 Å². The highest BCUT2D eigenvalue weighted by Gasteiger charge is 2.32. The van der Waals surface area contributed by atoms with E-state index in [2.05, 4.69) is 74.4 Å². The molecule has 1 aromatic heterocycles. The number of nitrogens with one attached hydrogen (secondary N) is 4. The Morgan fingerprint density at radius 3 is 1.87 bits per heavy atom. The maximum Gasteiger partial charge on any atom is 0.243 e. The molecule has 5 atom stereocenters. The lowest BCUT2D eigenvalue weighted by atomic mass is 9.87. The van der Waals surface area contributed by atoms with Crippen molar-refractivity contribution in [3.05, 3.63) is 114 Å². The normalized spacial score (nSPS) is 14.4. The largest absolute Gasteiger partial charge is 0.394 e. The minimum atomic E-state index is -1.19. The van der Waals surface area contributed by atoms with E-state index >= 15 is 0 Å². The molecule has 6 N–H and O–H groups in total. The zero-order valence-corrected chi connectivity index (χ0v) is 31.8. The van der Waals surface area contributed by atoms with Gasteiger partial charge < -0.3 is 31.1 Å². The summed E-state index contributed by atoms with van der Waals surface area (Å²) in [4.78, 5) is 49.1. The highest BCUT2D eigenvalue weighted by molar-refractivity contribution is 5.91. The molecule has 5 aromatic rings. The first-order valence-electron chi connectivity index (χ1n) is 19.2. The van der Waals surface area contributed by atoms with E-state index in [-0.39, 0.29) is 37.2 Å². The second-order valence-corrected chi connectivity index (χ2v) is 15.0. The van der Waals surface area contributed by atoms with Crippen LogP contribution in [0.4, 0.5) is 0 Å². The van der Waals surface area contributed by atoms with Crippen molar-refractivity contribution in [2.24, 2.45) is 17.8 Å². The van der Waals surface area contributed by atoms with Gasteiger partial charge in [0.2, 0.25) is 17.7 Å². The van der Waals surface area contributed by atoms with Gasteiger partial charge in [-0.2, -0.15) is 0 Å². The van der Waals surface area contributed by atoms with Gasteiger partial charge in [-0.15, -0.1) is 0 Å². The topological polar surface area (TPSA) is 156 Å². The van der Waals surface area contributed by atoms with E-state index in [4.69, 9.17) is 0 Å². The summed E-state index contributed by atoms with van der Waals surface area (Å²) in [5, 5.41) is 34.4. The number of rotatable bonds is 19. The molecule has 3 amide bonds. The molecule has 1 heterocycles. The zero-order chi connectivity index (χ0) is 38.6. The number of aliphatic hydroxyl groups is 2. The Labute approximate surface area is 318 Å². The number of aromatic nitrogens is 2. The molecule has 0 bridgehead atoms. The van der Waals surface area contributed by atoms with Crippen molar-refractivity contribution in [1.82, 2.24) is 25.9 Å². The van der Waals surface area contributed by atoms with Gasteiger partial charge in [-0.25, -0.2) is 4.98 Å². The van der Waals surface area contributed by atoms with Crippen molar-refractivity contribution in [2.75, 3.05) is 6.61 Å². The van der Waals surface area contributed by atoms with Crippen LogP contribution in [0, 0.1) is 17.8 Å². The average molecular weight is 734 g/mol. The fourth-order valence-electron chi connectivity index (χ4n) is 7.19. The molecule has 0 radical (unpaired) electrons. The fraction of sp³-hybridized carbons (Fsp3) is 0.409. The average Bonchev–Trinajstić information content (AvgIpc) is 3.69. The number of nitrogens with zero attached hydrogens (tertiary/aromatic N) is 1. The Kier molecular flexibility index (Phi) is 14.4. The molecule has 0 spiro atoms. The highest BCUT2D eigenvalue weighted by Crippen LogP contribution is 2.27. The second-order valence-electron chi connectivity index (χ2n) is 15.0. The van der Waals surface area contributed by atoms with Crippen LogP contribution in [0.5, 0.6) is 0 Å². The van der Waals surface area contributed by atoms with Gasteiger partial charge in [0.05, 0.1) is 43.2 Å². The lowest BCUT2D eigenvalue weighted by Gasteiger charge is -2.29. The van der Waals surface area contributed by atoms with Crippen molar-refractivity contribution in [1.29, 1.82) is 0 Å². The Balaban J connectivity index is 1.41. The summed E-state index contributed by atoms with van der Waals surface area (Å²) in [5.41, 5.74) is 2.67. The number of benzene rings is 4. The number of H-pyrrole nitrogens is 1. The van der Waals surface area contributed by atoms with Crippen molar-refractivity contribution < 1.29 is 24.6 Å². The van der Waals surface area contributed by atoms with Crippen molar-refractivity contribution in [3.63, 3.8) is 0 Å². The first-order valence-corrected chi connectivity index (χ1v) is 19.2. The summed E-state index contributed by atoms with van der Waals surface area (Å²) in [6, 6.07) is 26.3. The van der Waals surface area contributed by atoms with Crippen LogP contribution in [-0.4, -0.2) is 68.7 Å². The molecule has 0 aliphatic rings. The van der Waals surface area contributed by atoms with Gasteiger partial charge in [-0.1, -0.05) is 119 Å². The number of aliphatic hydroxyl groups excluding tert-OH is 2. The van der Waals surface area contributed by atoms with E-state index < -0.39 is 42.0 Å². The molecule has 5 rings (SSSR count). The standard InChI is InChI=1S/C44H55N5O5/c1-5-29(4)40(26-50)47-42(52)24-41(51)38(20-28(2)3)48-44(54)39(23-35-25-45-27-46-35)49-43(53)34(21-32-16-10-14-30-12-6-8-18-36(30)32)22-33-17-11-15-31-13-7-9-19-37(31)33/h6-19,25,27-29,34,38-41,50-51H,5,20-24,26H2,1-4H3,(H,45,46)(H,47,52)(H,48,54)(H,49,53)/t29-,38-,39-,40+,41-/m0/s1. The molecule has 0 unspecified atom stereocenters. The van der Waals surface area contributed by atoms with Gasteiger partial charge in [0.25, 0.3) is 0 Å². The maximum absolute atomic E-state index is 14.6. The van der Waals surface area contributed by atoms with Crippen molar-refractivity contribution >= 4 is 39.3 Å². The minimum absolute atomic E-state index is 0.0544. The van der Waals surface area contributed by atoms with Crippen molar-refractivity contribution in [2.45, 2.75) is 90.4 Å². The molecule has 10 nitrogen and oxygen atoms in total. The Morgan fingerprint density at radius 2 is 1.33 bits per heavy atom. The van der Waals surface area contributed by atoms with Gasteiger partial charge >= 0.3 is 0 Å². The number of imidazole rings is 1. The van der Waals surface area contributed by atoms with Crippen LogP contribution in [0.15, 0.2) is 97.5 Å². The molecule has 0 aliphatic heterocycles. The van der Waals surface area contributed by atoms with Crippen LogP contribution < -0.4 is 16.0 Å². The molecule has 4 aromatic carbocycles. The number of fused-ring (bicyclic) bond motifs is 2. The van der Waals surface area contributed by atoms with Crippen LogP contribution in [0.3, 0.4) is 0 Å². The third kappa shape index (κ3) is 10.8. The maximum atomic E-state index is 14.6. The van der Waals surface area contributed by atoms with Gasteiger partial charge in [-0.05, 0) is 63.8 Å². The quantitative estimate of drug-likeness (QED) is 0.0645. The van der Waals surface area contributed by atoms with Gasteiger partial charge in [0, 0.05) is 18.5 Å². The molecular formula is C44H55N5O5. The third-order valence-electron chi connectivity index (χ3n) is 10.5. The van der Waals surface area contributed by atoms with Gasteiger partial charge in [-0.3, -0.25) is 14.4 Å². The molecule has 54 heavy (non-hydrogen) atoms. The summed E-state index contributed by atoms with van der Waals surface area (Å²) in [6.45, 7) is 7.67. The Morgan fingerprint density at radius 1 is 0.741 bits per heavy atom. The zero-order valence-electron chi connectivity index (χ0n) is 31.8. The fourth-order valence-corrected chi connectivity index (χ4v) is 7.19. The first-order chi connectivity index (χ1) is 26.1. The number of carbonyl (C=O) groups is 3. The third-order valence-corrected chi connectivity index (χ3v) is 10.5. The van der Waals surface area contributed by atoms with E-state index in [0.29, 0.717) is 25.0 Å². The number of hydrogen-bond acceptors (Lipinski definition) is 6. The van der Waals surface area contributed by atoms with Crippen molar-refractivity contribution in [3.8, 4) is 0 Å². The number of amides is 3. The summed E-state index contributed by atoms with van der Waals surface area (Å²) >= 11 is 0. The highest BCUT2D eigenvalue weighted by atomic mass is 16.3. The second kappa shape index (κ2) is 19.3. The van der Waals surface area contributed by atoms with E-state index in [9.17, 15) is 24.6 Å². The molecule has 0 saturated carbocycles. The summed E-state index contributed by atoms with van der Waals surface area (Å²) in [7, 11) is 0. The molecular weight excluding hydrogens is 679 g/mol. The summed E-state index contributed by atoms with van der Waals surface area (Å²) < 4.78 is 0. The Hall–Kier alpha value is -5.06. The van der Waals surface area contributed by atoms with E-state index in [1.165, 1.54) is 6.33 Å². The number of hydrogen-bond donors (Lipinski definition) is 6. The summed E-state index contributed by atoms with van der Waals surface area (Å²) in [6.07, 6.45) is 3.96. The molecule has 0 saturated heterocycles. The summed E-state index contributed by atoms with van der Waals surface area (Å²) in [5.74, 6) is -1.54. The van der Waals surface area contributed by atoms with Gasteiger partial charge in [0.1, 0.15) is 6.04 Å². The van der Waals surface area contributed by atoms with Crippen LogP contribution in [-0.2, 0) is 33.6 Å². The van der Waals surface area contributed by atoms with Crippen LogP contribution >= 0.6 is 0 Å². The predicted octanol–water partition coefficient (Wildman–Crippen LogP) is 5.65. The van der Waals surface area contributed by atoms with Crippen LogP contribution in [0.1, 0.15) is 63.8 Å². The lowest BCUT2D eigenvalue weighted by Crippen LogP contribution is -2.55. The number of carbonyl (C=O) groups excluding carboxylic acids is 3.